The summed E-state index contributed by atoms with van der Waals surface area (Å²) in [5.74, 6) is -0.100. The van der Waals surface area contributed by atoms with Gasteiger partial charge in [-0.1, -0.05) is 11.8 Å². The van der Waals surface area contributed by atoms with Crippen LogP contribution in [-0.2, 0) is 9.59 Å². The molecule has 9 heteroatoms. The molecule has 4 rings (SSSR count). The molecule has 0 radical (unpaired) electrons. The number of thioether (sulfide) groups is 1. The number of rotatable bonds is 5. The Balaban J connectivity index is 1.65. The number of aromatic nitrogens is 4. The molecule has 1 fully saturated rings. The van der Waals surface area contributed by atoms with Crippen LogP contribution in [0.5, 0.6) is 0 Å². The molecule has 2 aromatic heterocycles. The zero-order valence-corrected chi connectivity index (χ0v) is 15.6. The van der Waals surface area contributed by atoms with Gasteiger partial charge in [-0.05, 0) is 42.8 Å². The fourth-order valence-electron chi connectivity index (χ4n) is 2.99. The van der Waals surface area contributed by atoms with Gasteiger partial charge in [-0.15, -0.1) is 10.2 Å². The second kappa shape index (κ2) is 7.89. The van der Waals surface area contributed by atoms with Crippen molar-refractivity contribution >= 4 is 23.6 Å². The lowest BCUT2D eigenvalue weighted by molar-refractivity contribution is -0.140. The number of benzene rings is 1. The van der Waals surface area contributed by atoms with Crippen LogP contribution in [0, 0.1) is 5.82 Å². The lowest BCUT2D eigenvalue weighted by Crippen LogP contribution is -2.33. The summed E-state index contributed by atoms with van der Waals surface area (Å²) in [4.78, 5) is 29.4. The van der Waals surface area contributed by atoms with Crippen LogP contribution < -0.4 is 0 Å². The summed E-state index contributed by atoms with van der Waals surface area (Å²) >= 11 is 1.20. The molecule has 0 unspecified atom stereocenters. The summed E-state index contributed by atoms with van der Waals surface area (Å²) in [6.45, 7) is 0.463. The molecule has 0 spiro atoms. The van der Waals surface area contributed by atoms with Gasteiger partial charge in [0.15, 0.2) is 11.0 Å². The normalized spacial score (nSPS) is 13.9. The number of nitrogens with zero attached hydrogens (tertiary/aromatic N) is 5. The molecule has 0 atom stereocenters. The maximum atomic E-state index is 13.4. The average molecular weight is 397 g/mol. The zero-order valence-electron chi connectivity index (χ0n) is 14.8. The van der Waals surface area contributed by atoms with Crippen LogP contribution in [0.15, 0.2) is 53.9 Å². The largest absolute Gasteiger partial charge is 0.282 e. The number of pyridine rings is 1. The highest BCUT2D eigenvalue weighted by Crippen LogP contribution is 2.28. The molecule has 0 aliphatic carbocycles. The van der Waals surface area contributed by atoms with Crippen molar-refractivity contribution in [1.29, 1.82) is 0 Å². The fourth-order valence-corrected chi connectivity index (χ4v) is 3.82. The van der Waals surface area contributed by atoms with Crippen molar-refractivity contribution in [2.24, 2.45) is 0 Å². The van der Waals surface area contributed by atoms with Gasteiger partial charge in [0.1, 0.15) is 5.82 Å². The number of hydrogen-bond donors (Lipinski definition) is 0. The summed E-state index contributed by atoms with van der Waals surface area (Å²) in [6, 6.07) is 9.56. The Morgan fingerprint density at radius 3 is 2.54 bits per heavy atom. The van der Waals surface area contributed by atoms with Gasteiger partial charge in [-0.2, -0.15) is 0 Å². The first-order valence-electron chi connectivity index (χ1n) is 8.71. The molecule has 1 aliphatic heterocycles. The smallest absolute Gasteiger partial charge is 0.239 e. The molecule has 1 aromatic carbocycles. The first kappa shape index (κ1) is 18.3. The number of hydrogen-bond acceptors (Lipinski definition) is 6. The molecule has 2 amide bonds. The summed E-state index contributed by atoms with van der Waals surface area (Å²) in [7, 11) is 0. The first-order chi connectivity index (χ1) is 13.6. The van der Waals surface area contributed by atoms with Crippen molar-refractivity contribution in [3.63, 3.8) is 0 Å². The molecule has 0 saturated carbocycles. The molecule has 1 aliphatic rings. The van der Waals surface area contributed by atoms with Crippen molar-refractivity contribution in [3.05, 3.63) is 54.6 Å². The highest BCUT2D eigenvalue weighted by atomic mass is 32.2. The lowest BCUT2D eigenvalue weighted by Gasteiger charge is -2.13. The highest BCUT2D eigenvalue weighted by Gasteiger charge is 2.27. The zero-order chi connectivity index (χ0) is 19.5. The van der Waals surface area contributed by atoms with Gasteiger partial charge < -0.3 is 0 Å². The van der Waals surface area contributed by atoms with E-state index < -0.39 is 0 Å². The van der Waals surface area contributed by atoms with E-state index in [1.54, 1.807) is 41.2 Å². The van der Waals surface area contributed by atoms with Gasteiger partial charge in [0.2, 0.25) is 11.8 Å². The van der Waals surface area contributed by atoms with E-state index in [0.717, 1.165) is 5.56 Å². The number of imide groups is 1. The van der Waals surface area contributed by atoms with E-state index in [1.807, 2.05) is 0 Å². The van der Waals surface area contributed by atoms with E-state index in [-0.39, 0.29) is 23.4 Å². The number of carbonyl (C=O) groups is 2. The predicted molar refractivity (Wildman–Crippen MR) is 101 cm³/mol. The number of carbonyl (C=O) groups excluding carboxylic acids is 2. The van der Waals surface area contributed by atoms with Crippen LogP contribution in [0.4, 0.5) is 4.39 Å². The van der Waals surface area contributed by atoms with Gasteiger partial charge in [-0.25, -0.2) is 4.39 Å². The van der Waals surface area contributed by atoms with Gasteiger partial charge in [0.05, 0.1) is 5.75 Å². The monoisotopic (exact) mass is 397 g/mol. The molecular formula is C19H16FN5O2S. The molecule has 0 N–H and O–H groups in total. The Morgan fingerprint density at radius 1 is 1.11 bits per heavy atom. The standard InChI is InChI=1S/C19H16FN5O2S/c20-14-3-5-15(6-4-14)25-18(13-7-9-21-10-8-13)22-23-19(25)28-12-17(27)24-11-1-2-16(24)26/h3-10H,1-2,11-12H2. The predicted octanol–water partition coefficient (Wildman–Crippen LogP) is 2.71. The second-order valence-electron chi connectivity index (χ2n) is 6.19. The molecule has 7 nitrogen and oxygen atoms in total. The summed E-state index contributed by atoms with van der Waals surface area (Å²) < 4.78 is 15.1. The number of halogens is 1. The molecule has 3 aromatic rings. The highest BCUT2D eigenvalue weighted by molar-refractivity contribution is 7.99. The van der Waals surface area contributed by atoms with Crippen LogP contribution in [0.3, 0.4) is 0 Å². The minimum absolute atomic E-state index is 0.0708. The number of likely N-dealkylation sites (tertiary alicyclic amines) is 1. The van der Waals surface area contributed by atoms with Crippen molar-refractivity contribution < 1.29 is 14.0 Å². The lowest BCUT2D eigenvalue weighted by atomic mass is 10.2. The van der Waals surface area contributed by atoms with E-state index >= 15 is 0 Å². The first-order valence-corrected chi connectivity index (χ1v) is 9.70. The Hall–Kier alpha value is -3.07. The van der Waals surface area contributed by atoms with E-state index in [1.165, 1.54) is 28.8 Å². The third-order valence-electron chi connectivity index (χ3n) is 4.36. The molecule has 1 saturated heterocycles. The average Bonchev–Trinajstić information content (AvgIpc) is 3.34. The summed E-state index contributed by atoms with van der Waals surface area (Å²) in [5, 5.41) is 8.95. The Kier molecular flexibility index (Phi) is 5.16. The maximum absolute atomic E-state index is 13.4. The molecule has 142 valence electrons. The third kappa shape index (κ3) is 3.65. The van der Waals surface area contributed by atoms with Crippen molar-refractivity contribution in [2.45, 2.75) is 18.0 Å². The minimum atomic E-state index is -0.348. The van der Waals surface area contributed by atoms with Crippen molar-refractivity contribution in [2.75, 3.05) is 12.3 Å². The topological polar surface area (TPSA) is 81.0 Å². The third-order valence-corrected chi connectivity index (χ3v) is 5.27. The Morgan fingerprint density at radius 2 is 1.86 bits per heavy atom. The SMILES string of the molecule is O=C1CCCN1C(=O)CSc1nnc(-c2ccncc2)n1-c1ccc(F)cc1. The van der Waals surface area contributed by atoms with E-state index in [2.05, 4.69) is 15.2 Å². The van der Waals surface area contributed by atoms with Crippen molar-refractivity contribution in [3.8, 4) is 17.1 Å². The van der Waals surface area contributed by atoms with E-state index in [0.29, 0.717) is 36.1 Å². The van der Waals surface area contributed by atoms with Crippen LogP contribution in [0.1, 0.15) is 12.8 Å². The van der Waals surface area contributed by atoms with E-state index in [9.17, 15) is 14.0 Å². The molecule has 0 bridgehead atoms. The van der Waals surface area contributed by atoms with Gasteiger partial charge in [-0.3, -0.25) is 24.0 Å². The fraction of sp³-hybridized carbons (Fsp3) is 0.211. The van der Waals surface area contributed by atoms with Gasteiger partial charge in [0, 0.05) is 36.6 Å². The van der Waals surface area contributed by atoms with Crippen LogP contribution in [0.25, 0.3) is 17.1 Å². The van der Waals surface area contributed by atoms with Gasteiger partial charge >= 0.3 is 0 Å². The van der Waals surface area contributed by atoms with Gasteiger partial charge in [0.25, 0.3) is 0 Å². The van der Waals surface area contributed by atoms with Crippen molar-refractivity contribution in [1.82, 2.24) is 24.6 Å². The quantitative estimate of drug-likeness (QED) is 0.616. The van der Waals surface area contributed by atoms with Crippen LogP contribution in [-0.4, -0.2) is 48.8 Å². The number of amides is 2. The minimum Gasteiger partial charge on any atom is -0.282 e. The Labute approximate surface area is 164 Å². The van der Waals surface area contributed by atoms with E-state index in [4.69, 9.17) is 0 Å². The second-order valence-corrected chi connectivity index (χ2v) is 7.13. The molecule has 28 heavy (non-hydrogen) atoms. The molecule has 3 heterocycles. The van der Waals surface area contributed by atoms with Crippen LogP contribution in [0.2, 0.25) is 0 Å². The maximum Gasteiger partial charge on any atom is 0.239 e. The molecular weight excluding hydrogens is 381 g/mol. The summed E-state index contributed by atoms with van der Waals surface area (Å²) in [5.41, 5.74) is 1.46. The summed E-state index contributed by atoms with van der Waals surface area (Å²) in [6.07, 6.45) is 4.41. The van der Waals surface area contributed by atoms with Crippen LogP contribution >= 0.6 is 11.8 Å². The Bertz CT molecular complexity index is 1010.